The summed E-state index contributed by atoms with van der Waals surface area (Å²) in [5.74, 6) is -0.166. The van der Waals surface area contributed by atoms with E-state index in [9.17, 15) is 4.39 Å². The van der Waals surface area contributed by atoms with Crippen molar-refractivity contribution >= 4 is 22.7 Å². The Morgan fingerprint density at radius 3 is 2.73 bits per heavy atom. The third-order valence-corrected chi connectivity index (χ3v) is 2.27. The minimum atomic E-state index is -0.692. The Kier molecular flexibility index (Phi) is 2.20. The van der Waals surface area contributed by atoms with Gasteiger partial charge in [-0.05, 0) is 19.9 Å². The van der Waals surface area contributed by atoms with E-state index in [1.807, 2.05) is 0 Å². The maximum absolute atomic E-state index is 13.1. The summed E-state index contributed by atoms with van der Waals surface area (Å²) in [6, 6.07) is 2.63. The molecule has 0 atom stereocenters. The molecule has 0 aliphatic carbocycles. The Morgan fingerprint density at radius 1 is 1.47 bits per heavy atom. The van der Waals surface area contributed by atoms with Gasteiger partial charge in [0.1, 0.15) is 11.3 Å². The molecule has 5 heteroatoms. The van der Waals surface area contributed by atoms with Gasteiger partial charge in [0.25, 0.3) is 0 Å². The van der Waals surface area contributed by atoms with Gasteiger partial charge in [-0.3, -0.25) is 0 Å². The van der Waals surface area contributed by atoms with Crippen LogP contribution in [0.5, 0.6) is 0 Å². The number of nitrogens with zero attached hydrogens (tertiary/aromatic N) is 1. The summed E-state index contributed by atoms with van der Waals surface area (Å²) >= 11 is 5.62. The summed E-state index contributed by atoms with van der Waals surface area (Å²) in [6.45, 7) is 3.52. The van der Waals surface area contributed by atoms with E-state index >= 15 is 0 Å². The summed E-state index contributed by atoms with van der Waals surface area (Å²) in [6.07, 6.45) is 0. The lowest BCUT2D eigenvalue weighted by atomic mass is 10.1. The number of hydrogen-bond acceptors (Lipinski definition) is 3. The Hall–Kier alpha value is -1.13. The predicted octanol–water partition coefficient (Wildman–Crippen LogP) is 2.81. The van der Waals surface area contributed by atoms with Crippen LogP contribution in [0.25, 0.3) is 11.1 Å². The van der Waals surface area contributed by atoms with Crippen molar-refractivity contribution in [1.82, 2.24) is 4.98 Å². The van der Waals surface area contributed by atoms with Gasteiger partial charge >= 0.3 is 0 Å². The van der Waals surface area contributed by atoms with Gasteiger partial charge in [-0.15, -0.1) is 0 Å². The molecule has 0 fully saturated rings. The first kappa shape index (κ1) is 10.4. The minimum Gasteiger partial charge on any atom is -0.439 e. The van der Waals surface area contributed by atoms with E-state index < -0.39 is 11.4 Å². The van der Waals surface area contributed by atoms with Crippen molar-refractivity contribution in [3.05, 3.63) is 28.9 Å². The highest BCUT2D eigenvalue weighted by atomic mass is 35.5. The molecule has 80 valence electrons. The Morgan fingerprint density at radius 2 is 2.13 bits per heavy atom. The molecule has 15 heavy (non-hydrogen) atoms. The zero-order valence-electron chi connectivity index (χ0n) is 8.34. The Labute approximate surface area is 91.0 Å². The molecule has 3 nitrogen and oxygen atoms in total. The third-order valence-electron chi connectivity index (χ3n) is 1.98. The lowest BCUT2D eigenvalue weighted by Gasteiger charge is -2.11. The smallest absolute Gasteiger partial charge is 0.215 e. The average molecular weight is 229 g/mol. The van der Waals surface area contributed by atoms with Gasteiger partial charge in [-0.2, -0.15) is 0 Å². The lowest BCUT2D eigenvalue weighted by Crippen LogP contribution is -2.28. The molecule has 1 aromatic carbocycles. The monoisotopic (exact) mass is 228 g/mol. The molecule has 1 aromatic heterocycles. The molecule has 1 heterocycles. The van der Waals surface area contributed by atoms with Crippen LogP contribution in [0.15, 0.2) is 16.5 Å². The van der Waals surface area contributed by atoms with Gasteiger partial charge in [0.2, 0.25) is 5.89 Å². The number of halogens is 2. The highest BCUT2D eigenvalue weighted by molar-refractivity contribution is 6.31. The van der Waals surface area contributed by atoms with E-state index in [-0.39, 0.29) is 5.02 Å². The van der Waals surface area contributed by atoms with Crippen LogP contribution >= 0.6 is 11.6 Å². The van der Waals surface area contributed by atoms with Gasteiger partial charge in [0.15, 0.2) is 5.58 Å². The molecule has 0 bridgehead atoms. The molecule has 0 saturated heterocycles. The summed E-state index contributed by atoms with van der Waals surface area (Å²) in [5, 5.41) is 0.0252. The quantitative estimate of drug-likeness (QED) is 0.817. The molecular weight excluding hydrogens is 219 g/mol. The lowest BCUT2D eigenvalue weighted by molar-refractivity contribution is 0.394. The fraction of sp³-hybridized carbons (Fsp3) is 0.300. The van der Waals surface area contributed by atoms with E-state index in [0.717, 1.165) is 0 Å². The van der Waals surface area contributed by atoms with Crippen LogP contribution in [0.1, 0.15) is 19.7 Å². The second-order valence-corrected chi connectivity index (χ2v) is 4.38. The molecule has 0 amide bonds. The van der Waals surface area contributed by atoms with Crippen molar-refractivity contribution in [3.8, 4) is 0 Å². The van der Waals surface area contributed by atoms with E-state index in [0.29, 0.717) is 17.0 Å². The topological polar surface area (TPSA) is 52.0 Å². The number of rotatable bonds is 1. The predicted molar refractivity (Wildman–Crippen MR) is 56.2 cm³/mol. The highest BCUT2D eigenvalue weighted by Crippen LogP contribution is 2.26. The minimum absolute atomic E-state index is 0.0252. The molecule has 0 spiro atoms. The second kappa shape index (κ2) is 3.18. The van der Waals surface area contributed by atoms with Crippen LogP contribution < -0.4 is 5.73 Å². The van der Waals surface area contributed by atoms with Gasteiger partial charge < -0.3 is 10.2 Å². The number of oxazole rings is 1. The second-order valence-electron chi connectivity index (χ2n) is 3.97. The number of aromatic nitrogens is 1. The molecule has 0 radical (unpaired) electrons. The van der Waals surface area contributed by atoms with Crippen LogP contribution in [0.2, 0.25) is 5.02 Å². The largest absolute Gasteiger partial charge is 0.439 e. The molecule has 0 unspecified atom stereocenters. The van der Waals surface area contributed by atoms with Crippen LogP contribution in [0, 0.1) is 5.82 Å². The Bertz CT molecular complexity index is 477. The highest BCUT2D eigenvalue weighted by Gasteiger charge is 2.22. The molecule has 0 saturated carbocycles. The number of benzene rings is 1. The molecule has 2 aromatic rings. The molecule has 0 aliphatic rings. The molecule has 0 aliphatic heterocycles. The summed E-state index contributed by atoms with van der Waals surface area (Å²) in [5.41, 5.74) is 5.98. The molecule has 2 N–H and O–H groups in total. The van der Waals surface area contributed by atoms with Gasteiger partial charge in [0, 0.05) is 6.07 Å². The zero-order chi connectivity index (χ0) is 11.2. The Balaban J connectivity index is 2.66. The SMILES string of the molecule is CC(C)(N)c1nc2cc(Cl)c(F)cc2o1. The van der Waals surface area contributed by atoms with E-state index in [1.165, 1.54) is 12.1 Å². The fourth-order valence-corrected chi connectivity index (χ4v) is 1.36. The van der Waals surface area contributed by atoms with Crippen LogP contribution in [0.4, 0.5) is 4.39 Å². The first-order valence-corrected chi connectivity index (χ1v) is 4.80. The van der Waals surface area contributed by atoms with Crippen LogP contribution in [-0.4, -0.2) is 4.98 Å². The zero-order valence-corrected chi connectivity index (χ0v) is 9.10. The van der Waals surface area contributed by atoms with E-state index in [2.05, 4.69) is 4.98 Å². The van der Waals surface area contributed by atoms with Crippen molar-refractivity contribution in [2.45, 2.75) is 19.4 Å². The van der Waals surface area contributed by atoms with E-state index in [4.69, 9.17) is 21.8 Å². The first-order chi connectivity index (χ1) is 6.88. The van der Waals surface area contributed by atoms with Crippen molar-refractivity contribution in [1.29, 1.82) is 0 Å². The van der Waals surface area contributed by atoms with Gasteiger partial charge in [-0.1, -0.05) is 11.6 Å². The molecule has 2 rings (SSSR count). The van der Waals surface area contributed by atoms with Crippen molar-refractivity contribution in [2.24, 2.45) is 5.73 Å². The van der Waals surface area contributed by atoms with Crippen molar-refractivity contribution < 1.29 is 8.81 Å². The third kappa shape index (κ3) is 1.82. The van der Waals surface area contributed by atoms with Crippen molar-refractivity contribution in [3.63, 3.8) is 0 Å². The van der Waals surface area contributed by atoms with E-state index in [1.54, 1.807) is 13.8 Å². The normalized spacial score (nSPS) is 12.3. The maximum Gasteiger partial charge on any atom is 0.215 e. The average Bonchev–Trinajstić information content (AvgIpc) is 2.47. The molecular formula is C10H10ClFN2O. The maximum atomic E-state index is 13.1. The summed E-state index contributed by atoms with van der Waals surface area (Å²) in [4.78, 5) is 4.14. The van der Waals surface area contributed by atoms with Crippen molar-refractivity contribution in [2.75, 3.05) is 0 Å². The van der Waals surface area contributed by atoms with Crippen LogP contribution in [-0.2, 0) is 5.54 Å². The fourth-order valence-electron chi connectivity index (χ4n) is 1.20. The summed E-state index contributed by atoms with van der Waals surface area (Å²) < 4.78 is 18.4. The van der Waals surface area contributed by atoms with Crippen LogP contribution in [0.3, 0.4) is 0 Å². The van der Waals surface area contributed by atoms with Gasteiger partial charge in [0.05, 0.1) is 10.6 Å². The first-order valence-electron chi connectivity index (χ1n) is 4.43. The number of hydrogen-bond donors (Lipinski definition) is 1. The standard InChI is InChI=1S/C10H10ClFN2O/c1-10(2,13)9-14-7-3-5(11)6(12)4-8(7)15-9/h3-4H,13H2,1-2H3. The number of fused-ring (bicyclic) bond motifs is 1. The van der Waals surface area contributed by atoms with Gasteiger partial charge in [-0.25, -0.2) is 9.37 Å². The summed E-state index contributed by atoms with van der Waals surface area (Å²) in [7, 11) is 0. The number of nitrogens with two attached hydrogens (primary N) is 1.